The zero-order valence-electron chi connectivity index (χ0n) is 16.6. The number of rotatable bonds is 6. The minimum atomic E-state index is -0.814. The van der Waals surface area contributed by atoms with Gasteiger partial charge < -0.3 is 15.3 Å². The molecular weight excluding hydrogens is 358 g/mol. The number of nitrogens with one attached hydrogen (secondary N) is 1. The fourth-order valence-electron chi connectivity index (χ4n) is 4.09. The number of ketones is 1. The minimum Gasteiger partial charge on any atom is -0.480 e. The Kier molecular flexibility index (Phi) is 6.34. The molecule has 1 heterocycles. The lowest BCUT2D eigenvalue weighted by molar-refractivity contribution is -0.139. The molecule has 7 nitrogen and oxygen atoms in total. The van der Waals surface area contributed by atoms with Gasteiger partial charge in [-0.1, -0.05) is 19.1 Å². The molecule has 1 fully saturated rings. The van der Waals surface area contributed by atoms with E-state index in [1.54, 1.807) is 6.92 Å². The van der Waals surface area contributed by atoms with Crippen molar-refractivity contribution >= 4 is 17.8 Å². The molecule has 1 aromatic carbocycles. The molecule has 2 N–H and O–H groups in total. The van der Waals surface area contributed by atoms with Crippen LogP contribution in [0.4, 0.5) is 4.79 Å². The molecule has 0 aromatic heterocycles. The highest BCUT2D eigenvalue weighted by Gasteiger charge is 2.35. The summed E-state index contributed by atoms with van der Waals surface area (Å²) in [5, 5.41) is 12.1. The molecule has 0 atom stereocenters. The van der Waals surface area contributed by atoms with Crippen LogP contribution in [0.15, 0.2) is 18.2 Å². The second-order valence-corrected chi connectivity index (χ2v) is 7.76. The number of Topliss-reactive ketones (excluding diaryl/α,β-unsaturated/α-hetero) is 1. The van der Waals surface area contributed by atoms with Crippen molar-refractivity contribution < 1.29 is 19.5 Å². The number of carbonyl (C=O) groups is 3. The SMILES string of the molecule is CCN(CC(=O)O)C1CC(NC(=O)N2CCc3ccc(C(C)=O)cc3CC2)C1. The largest absolute Gasteiger partial charge is 0.480 e. The molecule has 0 spiro atoms. The summed E-state index contributed by atoms with van der Waals surface area (Å²) < 4.78 is 0. The van der Waals surface area contributed by atoms with Crippen LogP contribution in [0.1, 0.15) is 48.2 Å². The molecule has 0 unspecified atom stereocenters. The third kappa shape index (κ3) is 4.70. The summed E-state index contributed by atoms with van der Waals surface area (Å²) in [6.45, 7) is 5.57. The number of carboxylic acids is 1. The Bertz CT molecular complexity index is 758. The number of likely N-dealkylation sites (N-methyl/N-ethyl adjacent to an activating group) is 1. The summed E-state index contributed by atoms with van der Waals surface area (Å²) in [6, 6.07) is 6.11. The number of carboxylic acid groups (broad SMARTS) is 1. The molecule has 2 aliphatic rings. The van der Waals surface area contributed by atoms with Crippen molar-refractivity contribution in [2.24, 2.45) is 0 Å². The van der Waals surface area contributed by atoms with Gasteiger partial charge in [-0.2, -0.15) is 0 Å². The maximum Gasteiger partial charge on any atom is 0.317 e. The molecule has 1 aliphatic heterocycles. The quantitative estimate of drug-likeness (QED) is 0.728. The Morgan fingerprint density at radius 1 is 1.18 bits per heavy atom. The van der Waals surface area contributed by atoms with E-state index >= 15 is 0 Å². The molecular formula is C21H29N3O4. The van der Waals surface area contributed by atoms with Crippen LogP contribution in [0, 0.1) is 0 Å². The molecule has 0 bridgehead atoms. The summed E-state index contributed by atoms with van der Waals surface area (Å²) in [5.74, 6) is -0.753. The van der Waals surface area contributed by atoms with Gasteiger partial charge >= 0.3 is 12.0 Å². The number of benzene rings is 1. The van der Waals surface area contributed by atoms with E-state index in [0.29, 0.717) is 19.6 Å². The molecule has 0 radical (unpaired) electrons. The van der Waals surface area contributed by atoms with Gasteiger partial charge in [0.1, 0.15) is 0 Å². The smallest absolute Gasteiger partial charge is 0.317 e. The Morgan fingerprint density at radius 3 is 2.46 bits per heavy atom. The lowest BCUT2D eigenvalue weighted by atomic mass is 9.85. The number of urea groups is 1. The number of fused-ring (bicyclic) bond motifs is 1. The first-order valence-electron chi connectivity index (χ1n) is 10.0. The van der Waals surface area contributed by atoms with E-state index in [2.05, 4.69) is 5.32 Å². The summed E-state index contributed by atoms with van der Waals surface area (Å²) in [6.07, 6.45) is 3.13. The first kappa shape index (κ1) is 20.3. The van der Waals surface area contributed by atoms with Crippen LogP contribution in [-0.4, -0.2) is 71.0 Å². The van der Waals surface area contributed by atoms with E-state index in [-0.39, 0.29) is 30.4 Å². The summed E-state index contributed by atoms with van der Waals surface area (Å²) >= 11 is 0. The highest BCUT2D eigenvalue weighted by molar-refractivity contribution is 5.94. The van der Waals surface area contributed by atoms with E-state index in [9.17, 15) is 14.4 Å². The molecule has 3 rings (SSSR count). The molecule has 1 aliphatic carbocycles. The van der Waals surface area contributed by atoms with Gasteiger partial charge in [-0.3, -0.25) is 14.5 Å². The fraction of sp³-hybridized carbons (Fsp3) is 0.571. The van der Waals surface area contributed by atoms with Crippen molar-refractivity contribution in [1.82, 2.24) is 15.1 Å². The van der Waals surface area contributed by atoms with E-state index in [4.69, 9.17) is 5.11 Å². The third-order valence-corrected chi connectivity index (χ3v) is 5.90. The second-order valence-electron chi connectivity index (χ2n) is 7.76. The predicted octanol–water partition coefficient (Wildman–Crippen LogP) is 1.94. The van der Waals surface area contributed by atoms with Crippen LogP contribution < -0.4 is 5.32 Å². The number of hydrogen-bond donors (Lipinski definition) is 2. The Morgan fingerprint density at radius 2 is 1.86 bits per heavy atom. The Balaban J connectivity index is 1.50. The normalized spacial score (nSPS) is 21.5. The monoisotopic (exact) mass is 387 g/mol. The number of carbonyl (C=O) groups excluding carboxylic acids is 2. The fourth-order valence-corrected chi connectivity index (χ4v) is 4.09. The summed E-state index contributed by atoms with van der Waals surface area (Å²) in [7, 11) is 0. The van der Waals surface area contributed by atoms with Gasteiger partial charge in [0.25, 0.3) is 0 Å². The van der Waals surface area contributed by atoms with Gasteiger partial charge in [-0.25, -0.2) is 4.79 Å². The Labute approximate surface area is 165 Å². The summed E-state index contributed by atoms with van der Waals surface area (Å²) in [5.41, 5.74) is 3.08. The van der Waals surface area contributed by atoms with Crippen LogP contribution >= 0.6 is 0 Å². The van der Waals surface area contributed by atoms with Crippen molar-refractivity contribution in [2.75, 3.05) is 26.2 Å². The van der Waals surface area contributed by atoms with Gasteiger partial charge in [-0.05, 0) is 56.3 Å². The van der Waals surface area contributed by atoms with Crippen molar-refractivity contribution in [1.29, 1.82) is 0 Å². The number of amides is 2. The topological polar surface area (TPSA) is 90.0 Å². The van der Waals surface area contributed by atoms with Crippen LogP contribution in [0.2, 0.25) is 0 Å². The molecule has 1 aromatic rings. The number of aliphatic carboxylic acids is 1. The van der Waals surface area contributed by atoms with Gasteiger partial charge in [0.05, 0.1) is 6.54 Å². The van der Waals surface area contributed by atoms with E-state index in [1.807, 2.05) is 34.9 Å². The van der Waals surface area contributed by atoms with Crippen LogP contribution in [0.5, 0.6) is 0 Å². The van der Waals surface area contributed by atoms with Crippen LogP contribution in [-0.2, 0) is 17.6 Å². The average molecular weight is 387 g/mol. The van der Waals surface area contributed by atoms with E-state index in [1.165, 1.54) is 5.56 Å². The molecule has 1 saturated carbocycles. The highest BCUT2D eigenvalue weighted by Crippen LogP contribution is 2.26. The number of nitrogens with zero attached hydrogens (tertiary/aromatic N) is 2. The maximum absolute atomic E-state index is 12.7. The standard InChI is InChI=1S/C21H29N3O4/c1-3-23(13-20(26)27)19-11-18(12-19)22-21(28)24-8-6-15-4-5-16(14(2)25)10-17(15)7-9-24/h4-5,10,18-19H,3,6-9,11-13H2,1-2H3,(H,22,28)(H,26,27). The van der Waals surface area contributed by atoms with Crippen molar-refractivity contribution in [3.05, 3.63) is 34.9 Å². The third-order valence-electron chi connectivity index (χ3n) is 5.90. The van der Waals surface area contributed by atoms with Crippen molar-refractivity contribution in [3.63, 3.8) is 0 Å². The van der Waals surface area contributed by atoms with Crippen molar-refractivity contribution in [3.8, 4) is 0 Å². The average Bonchev–Trinajstić information content (AvgIpc) is 2.84. The van der Waals surface area contributed by atoms with E-state index < -0.39 is 5.97 Å². The first-order valence-corrected chi connectivity index (χ1v) is 10.0. The lowest BCUT2D eigenvalue weighted by Crippen LogP contribution is -2.57. The van der Waals surface area contributed by atoms with Gasteiger partial charge in [0, 0.05) is 30.7 Å². The minimum absolute atomic E-state index is 0.0501. The molecule has 152 valence electrons. The van der Waals surface area contributed by atoms with Gasteiger partial charge in [0.15, 0.2) is 5.78 Å². The highest BCUT2D eigenvalue weighted by atomic mass is 16.4. The zero-order chi connectivity index (χ0) is 20.3. The van der Waals surface area contributed by atoms with Crippen LogP contribution in [0.3, 0.4) is 0 Å². The van der Waals surface area contributed by atoms with Crippen molar-refractivity contribution in [2.45, 2.75) is 51.6 Å². The molecule has 2 amide bonds. The summed E-state index contributed by atoms with van der Waals surface area (Å²) in [4.78, 5) is 39.0. The molecule has 28 heavy (non-hydrogen) atoms. The first-order chi connectivity index (χ1) is 13.4. The lowest BCUT2D eigenvalue weighted by Gasteiger charge is -2.42. The second kappa shape index (κ2) is 8.73. The van der Waals surface area contributed by atoms with Gasteiger partial charge in [-0.15, -0.1) is 0 Å². The predicted molar refractivity (Wildman–Crippen MR) is 106 cm³/mol. The Hall–Kier alpha value is -2.41. The maximum atomic E-state index is 12.7. The number of hydrogen-bond acceptors (Lipinski definition) is 4. The molecule has 0 saturated heterocycles. The van der Waals surface area contributed by atoms with Gasteiger partial charge in [0.2, 0.25) is 0 Å². The molecule has 7 heteroatoms. The zero-order valence-corrected chi connectivity index (χ0v) is 16.6. The van der Waals surface area contributed by atoms with Crippen LogP contribution in [0.25, 0.3) is 0 Å². The van der Waals surface area contributed by atoms with E-state index in [0.717, 1.165) is 36.8 Å².